The Morgan fingerprint density at radius 3 is 2.82 bits per heavy atom. The molecule has 28 heavy (non-hydrogen) atoms. The van der Waals surface area contributed by atoms with Crippen LogP contribution in [0.4, 0.5) is 10.1 Å². The fourth-order valence-electron chi connectivity index (χ4n) is 2.59. The first-order valence-electron chi connectivity index (χ1n) is 8.03. The number of nitrogens with zero attached hydrogens (tertiary/aromatic N) is 3. The summed E-state index contributed by atoms with van der Waals surface area (Å²) in [4.78, 5) is 26.6. The van der Waals surface area contributed by atoms with E-state index in [0.29, 0.717) is 27.2 Å². The highest BCUT2D eigenvalue weighted by atomic mass is 32.2. The number of halogens is 1. The second-order valence-electron chi connectivity index (χ2n) is 5.81. The van der Waals surface area contributed by atoms with Crippen LogP contribution in [0, 0.1) is 5.82 Å². The van der Waals surface area contributed by atoms with Crippen LogP contribution in [0.5, 0.6) is 0 Å². The van der Waals surface area contributed by atoms with Crippen LogP contribution in [-0.4, -0.2) is 37.9 Å². The number of aromatic nitrogens is 2. The van der Waals surface area contributed by atoms with E-state index in [1.54, 1.807) is 36.4 Å². The predicted molar refractivity (Wildman–Crippen MR) is 107 cm³/mol. The summed E-state index contributed by atoms with van der Waals surface area (Å²) >= 11 is 6.32. The third-order valence-electron chi connectivity index (χ3n) is 3.90. The van der Waals surface area contributed by atoms with E-state index in [-0.39, 0.29) is 22.6 Å². The Kier molecular flexibility index (Phi) is 4.88. The Labute approximate surface area is 167 Å². The first-order valence-corrected chi connectivity index (χ1v) is 9.26. The predicted octanol–water partition coefficient (Wildman–Crippen LogP) is 3.20. The van der Waals surface area contributed by atoms with Crippen LogP contribution in [-0.2, 0) is 9.59 Å². The number of carbonyl (C=O) groups excluding carboxylic acids is 2. The van der Waals surface area contributed by atoms with Crippen LogP contribution in [0.2, 0.25) is 0 Å². The molecular formula is C18H11FN4O3S2. The molecule has 0 radical (unpaired) electrons. The summed E-state index contributed by atoms with van der Waals surface area (Å²) in [7, 11) is 0. The third kappa shape index (κ3) is 3.64. The average Bonchev–Trinajstić information content (AvgIpc) is 3.25. The Bertz CT molecular complexity index is 1130. The summed E-state index contributed by atoms with van der Waals surface area (Å²) in [6.07, 6.45) is 1.61. The van der Waals surface area contributed by atoms with Crippen molar-refractivity contribution in [3.63, 3.8) is 0 Å². The smallest absolute Gasteiger partial charge is 0.266 e. The molecule has 0 saturated carbocycles. The molecule has 4 rings (SSSR count). The van der Waals surface area contributed by atoms with Crippen LogP contribution in [0.25, 0.3) is 17.1 Å². The van der Waals surface area contributed by atoms with Crippen molar-refractivity contribution < 1.29 is 18.6 Å². The van der Waals surface area contributed by atoms with Gasteiger partial charge in [-0.05, 0) is 46.2 Å². The van der Waals surface area contributed by atoms with Crippen molar-refractivity contribution in [2.24, 2.45) is 0 Å². The van der Waals surface area contributed by atoms with Gasteiger partial charge in [-0.25, -0.2) is 9.02 Å². The molecule has 7 nitrogen and oxygen atoms in total. The van der Waals surface area contributed by atoms with E-state index in [0.717, 1.165) is 11.8 Å². The van der Waals surface area contributed by atoms with Crippen molar-refractivity contribution >= 4 is 62.9 Å². The van der Waals surface area contributed by atoms with E-state index in [2.05, 4.69) is 20.3 Å². The summed E-state index contributed by atoms with van der Waals surface area (Å²) in [6, 6.07) is 10.8. The highest BCUT2D eigenvalue weighted by Crippen LogP contribution is 2.32. The lowest BCUT2D eigenvalue weighted by Gasteiger charge is -2.14. The topological polar surface area (TPSA) is 88.3 Å². The van der Waals surface area contributed by atoms with Crippen molar-refractivity contribution in [2.45, 2.75) is 0 Å². The van der Waals surface area contributed by atoms with E-state index in [1.165, 1.54) is 17.0 Å². The zero-order valence-corrected chi connectivity index (χ0v) is 15.7. The number of thioether (sulfide) groups is 1. The standard InChI is InChI=1S/C18H11FN4O3S2/c19-11-6-4-10(5-7-11)8-14-17(25)23(18(27)28-14)9-15(24)20-12-2-1-3-13-16(12)22-26-21-13/h1-8H,9H2,(H,20,24)/b14-8-. The molecule has 2 aromatic carbocycles. The fraction of sp³-hybridized carbons (Fsp3) is 0.0556. The van der Waals surface area contributed by atoms with Crippen LogP contribution in [0.1, 0.15) is 5.56 Å². The summed E-state index contributed by atoms with van der Waals surface area (Å²) in [5, 5.41) is 10.1. The lowest BCUT2D eigenvalue weighted by atomic mass is 10.2. The molecule has 0 aliphatic carbocycles. The van der Waals surface area contributed by atoms with E-state index in [1.807, 2.05) is 0 Å². The van der Waals surface area contributed by atoms with Gasteiger partial charge >= 0.3 is 0 Å². The van der Waals surface area contributed by atoms with Crippen LogP contribution in [0.3, 0.4) is 0 Å². The lowest BCUT2D eigenvalue weighted by Crippen LogP contribution is -2.36. The third-order valence-corrected chi connectivity index (χ3v) is 5.28. The van der Waals surface area contributed by atoms with Crippen molar-refractivity contribution in [1.82, 2.24) is 15.2 Å². The zero-order chi connectivity index (χ0) is 19.7. The van der Waals surface area contributed by atoms with E-state index in [9.17, 15) is 14.0 Å². The van der Waals surface area contributed by atoms with E-state index in [4.69, 9.17) is 12.2 Å². The summed E-state index contributed by atoms with van der Waals surface area (Å²) in [5.74, 6) is -1.18. The highest BCUT2D eigenvalue weighted by Gasteiger charge is 2.33. The maximum Gasteiger partial charge on any atom is 0.266 e. The van der Waals surface area contributed by atoms with Crippen molar-refractivity contribution in [3.8, 4) is 0 Å². The van der Waals surface area contributed by atoms with Crippen molar-refractivity contribution in [1.29, 1.82) is 0 Å². The van der Waals surface area contributed by atoms with Gasteiger partial charge in [-0.15, -0.1) is 0 Å². The van der Waals surface area contributed by atoms with E-state index >= 15 is 0 Å². The second kappa shape index (κ2) is 7.49. The van der Waals surface area contributed by atoms with Gasteiger partial charge in [-0.3, -0.25) is 14.5 Å². The van der Waals surface area contributed by atoms with Crippen molar-refractivity contribution in [3.05, 3.63) is 58.8 Å². The van der Waals surface area contributed by atoms with E-state index < -0.39 is 5.91 Å². The number of anilines is 1. The normalized spacial score (nSPS) is 15.6. The monoisotopic (exact) mass is 414 g/mol. The number of amides is 2. The fourth-order valence-corrected chi connectivity index (χ4v) is 3.84. The summed E-state index contributed by atoms with van der Waals surface area (Å²) in [5.41, 5.74) is 2.01. The minimum absolute atomic E-state index is 0.243. The van der Waals surface area contributed by atoms with Gasteiger partial charge in [0.2, 0.25) is 5.91 Å². The average molecular weight is 414 g/mol. The molecule has 3 aromatic rings. The molecule has 1 fully saturated rings. The molecule has 0 atom stereocenters. The molecule has 2 amide bonds. The largest absolute Gasteiger partial charge is 0.322 e. The Hall–Kier alpha value is -3.11. The van der Waals surface area contributed by atoms with Crippen LogP contribution < -0.4 is 5.32 Å². The van der Waals surface area contributed by atoms with Gasteiger partial charge in [-0.1, -0.05) is 42.2 Å². The number of rotatable bonds is 4. The number of thiocarbonyl (C=S) groups is 1. The molecule has 1 aliphatic rings. The van der Waals surface area contributed by atoms with Gasteiger partial charge in [0.25, 0.3) is 5.91 Å². The number of benzene rings is 2. The Morgan fingerprint density at radius 1 is 1.25 bits per heavy atom. The number of hydrogen-bond acceptors (Lipinski definition) is 7. The molecule has 0 spiro atoms. The molecule has 0 bridgehead atoms. The van der Waals surface area contributed by atoms with Gasteiger partial charge in [0, 0.05) is 0 Å². The molecule has 140 valence electrons. The number of nitrogens with one attached hydrogen (secondary N) is 1. The zero-order valence-electron chi connectivity index (χ0n) is 14.1. The van der Waals surface area contributed by atoms with Crippen molar-refractivity contribution in [2.75, 3.05) is 11.9 Å². The molecule has 0 unspecified atom stereocenters. The summed E-state index contributed by atoms with van der Waals surface area (Å²) in [6.45, 7) is -0.243. The molecule has 2 heterocycles. The molecular weight excluding hydrogens is 403 g/mol. The molecule has 1 aromatic heterocycles. The molecule has 1 aliphatic heterocycles. The first kappa shape index (κ1) is 18.3. The van der Waals surface area contributed by atoms with Gasteiger partial charge in [0.05, 0.1) is 10.6 Å². The minimum Gasteiger partial charge on any atom is -0.322 e. The Morgan fingerprint density at radius 2 is 2.04 bits per heavy atom. The quantitative estimate of drug-likeness (QED) is 0.518. The molecule has 1 N–H and O–H groups in total. The van der Waals surface area contributed by atoms with Crippen LogP contribution in [0.15, 0.2) is 52.0 Å². The highest BCUT2D eigenvalue weighted by molar-refractivity contribution is 8.26. The second-order valence-corrected chi connectivity index (χ2v) is 7.48. The molecule has 10 heteroatoms. The number of fused-ring (bicyclic) bond motifs is 1. The Balaban J connectivity index is 1.48. The summed E-state index contributed by atoms with van der Waals surface area (Å²) < 4.78 is 18.0. The molecule has 1 saturated heterocycles. The van der Waals surface area contributed by atoms with Crippen LogP contribution >= 0.6 is 24.0 Å². The van der Waals surface area contributed by atoms with Gasteiger partial charge < -0.3 is 5.32 Å². The number of hydrogen-bond donors (Lipinski definition) is 1. The van der Waals surface area contributed by atoms with Gasteiger partial charge in [0.15, 0.2) is 5.52 Å². The van der Waals surface area contributed by atoms with Gasteiger partial charge in [-0.2, -0.15) is 0 Å². The SMILES string of the molecule is O=C(CN1C(=O)/C(=C/c2ccc(F)cc2)SC1=S)Nc1cccc2nonc12. The maximum atomic E-state index is 13.0. The minimum atomic E-state index is -0.435. The van der Waals surface area contributed by atoms with Gasteiger partial charge in [0.1, 0.15) is 22.2 Å². The number of carbonyl (C=O) groups is 2. The first-order chi connectivity index (χ1) is 13.5. The maximum absolute atomic E-state index is 13.0. The lowest BCUT2D eigenvalue weighted by molar-refractivity contribution is -0.126.